The number of oxime groups is 1. The Morgan fingerprint density at radius 1 is 1.12 bits per heavy atom. The molecule has 0 amide bonds. The molecule has 0 unspecified atom stereocenters. The zero-order valence-electron chi connectivity index (χ0n) is 17.5. The highest BCUT2D eigenvalue weighted by Crippen LogP contribution is 2.42. The van der Waals surface area contributed by atoms with Crippen LogP contribution in [0.15, 0.2) is 70.3 Å². The van der Waals surface area contributed by atoms with Crippen molar-refractivity contribution in [3.63, 3.8) is 0 Å². The van der Waals surface area contributed by atoms with Gasteiger partial charge in [-0.05, 0) is 6.07 Å². The summed E-state index contributed by atoms with van der Waals surface area (Å²) in [6, 6.07) is 17.9. The van der Waals surface area contributed by atoms with Gasteiger partial charge >= 0.3 is 11.9 Å². The average Bonchev–Trinajstić information content (AvgIpc) is 3.46. The van der Waals surface area contributed by atoms with E-state index in [4.69, 9.17) is 24.6 Å². The van der Waals surface area contributed by atoms with Gasteiger partial charge in [0.1, 0.15) is 5.69 Å². The number of methoxy groups -OCH3 is 1. The van der Waals surface area contributed by atoms with Crippen LogP contribution in [0.2, 0.25) is 0 Å². The number of carbonyl (C=O) groups excluding carboxylic acids is 2. The number of hydrogen-bond donors (Lipinski definition) is 1. The monoisotopic (exact) mass is 435 g/mol. The van der Waals surface area contributed by atoms with Gasteiger partial charge in [0, 0.05) is 29.8 Å². The summed E-state index contributed by atoms with van der Waals surface area (Å²) in [4.78, 5) is 30.6. The first-order valence-corrected chi connectivity index (χ1v) is 9.82. The highest BCUT2D eigenvalue weighted by atomic mass is 16.7. The first-order valence-electron chi connectivity index (χ1n) is 9.82. The van der Waals surface area contributed by atoms with E-state index in [-0.39, 0.29) is 12.1 Å². The summed E-state index contributed by atoms with van der Waals surface area (Å²) in [6.45, 7) is 1.22. The third-order valence-corrected chi connectivity index (χ3v) is 5.11. The van der Waals surface area contributed by atoms with Gasteiger partial charge in [0.25, 0.3) is 5.60 Å². The van der Waals surface area contributed by atoms with E-state index >= 15 is 0 Å². The molecule has 1 aromatic heterocycles. The first kappa shape index (κ1) is 21.1. The van der Waals surface area contributed by atoms with Crippen LogP contribution in [0.4, 0.5) is 5.69 Å². The fraction of sp³-hybridized carbons (Fsp3) is 0.217. The van der Waals surface area contributed by atoms with Crippen LogP contribution in [0.25, 0.3) is 11.3 Å². The van der Waals surface area contributed by atoms with E-state index in [0.717, 1.165) is 5.56 Å². The van der Waals surface area contributed by atoms with E-state index in [1.165, 1.54) is 14.0 Å². The molecule has 2 heterocycles. The lowest BCUT2D eigenvalue weighted by atomic mass is 9.86. The molecular formula is C23H21N3O6. The number of nitrogens with zero attached hydrogens (tertiary/aromatic N) is 2. The minimum atomic E-state index is -1.80. The van der Waals surface area contributed by atoms with E-state index < -0.39 is 23.6 Å². The van der Waals surface area contributed by atoms with E-state index in [0.29, 0.717) is 22.7 Å². The van der Waals surface area contributed by atoms with Crippen LogP contribution in [-0.2, 0) is 23.9 Å². The summed E-state index contributed by atoms with van der Waals surface area (Å²) in [5, 5.41) is 8.15. The summed E-state index contributed by atoms with van der Waals surface area (Å²) in [7, 11) is 1.21. The molecule has 2 N–H and O–H groups in total. The van der Waals surface area contributed by atoms with Crippen LogP contribution >= 0.6 is 0 Å². The predicted molar refractivity (Wildman–Crippen MR) is 114 cm³/mol. The van der Waals surface area contributed by atoms with Crippen LogP contribution in [0.5, 0.6) is 0 Å². The lowest BCUT2D eigenvalue weighted by Gasteiger charge is -2.30. The maximum Gasteiger partial charge on any atom is 0.357 e. The molecular weight excluding hydrogens is 414 g/mol. The molecule has 0 radical (unpaired) electrons. The molecule has 0 saturated heterocycles. The largest absolute Gasteiger partial charge is 0.466 e. The second-order valence-electron chi connectivity index (χ2n) is 7.25. The standard InChI is InChI=1S/C23H21N3O6/c1-14(27)30-21(18-12-20(31-25-18)15-8-4-3-5-9-15)23(22(28)29-2)13-19(26-32-23)16-10-6-7-11-17(16)24/h3-12,21H,13,24H2,1-2H3/t21-,23-/m0/s1. The Morgan fingerprint density at radius 3 is 2.53 bits per heavy atom. The normalized spacial score (nSPS) is 18.4. The van der Waals surface area contributed by atoms with E-state index in [1.807, 2.05) is 30.3 Å². The molecule has 0 aliphatic carbocycles. The maximum absolute atomic E-state index is 13.0. The van der Waals surface area contributed by atoms with Crippen molar-refractivity contribution in [2.24, 2.45) is 5.16 Å². The van der Waals surface area contributed by atoms with Crippen molar-refractivity contribution < 1.29 is 28.4 Å². The van der Waals surface area contributed by atoms with Gasteiger partial charge in [-0.1, -0.05) is 58.8 Å². The summed E-state index contributed by atoms with van der Waals surface area (Å²) in [6.07, 6.45) is -1.33. The molecule has 2 atom stereocenters. The molecule has 1 aliphatic rings. The van der Waals surface area contributed by atoms with Gasteiger partial charge in [-0.3, -0.25) is 4.79 Å². The lowest BCUT2D eigenvalue weighted by Crippen LogP contribution is -2.47. The molecule has 0 bridgehead atoms. The van der Waals surface area contributed by atoms with Crippen LogP contribution in [-0.4, -0.2) is 35.5 Å². The molecule has 0 fully saturated rings. The van der Waals surface area contributed by atoms with Crippen LogP contribution in [0.1, 0.15) is 30.7 Å². The Labute approximate surface area is 183 Å². The molecule has 4 rings (SSSR count). The number of benzene rings is 2. The third-order valence-electron chi connectivity index (χ3n) is 5.11. The van der Waals surface area contributed by atoms with Crippen molar-refractivity contribution in [1.29, 1.82) is 0 Å². The van der Waals surface area contributed by atoms with E-state index in [2.05, 4.69) is 10.3 Å². The number of esters is 2. The van der Waals surface area contributed by atoms with Crippen molar-refractivity contribution >= 4 is 23.3 Å². The van der Waals surface area contributed by atoms with E-state index in [9.17, 15) is 9.59 Å². The van der Waals surface area contributed by atoms with Crippen molar-refractivity contribution in [3.8, 4) is 11.3 Å². The Morgan fingerprint density at radius 2 is 1.84 bits per heavy atom. The molecule has 0 spiro atoms. The number of nitrogen functional groups attached to an aromatic ring is 1. The minimum absolute atomic E-state index is 0.0562. The number of rotatable bonds is 6. The lowest BCUT2D eigenvalue weighted by molar-refractivity contribution is -0.192. The fourth-order valence-electron chi connectivity index (χ4n) is 3.60. The van der Waals surface area contributed by atoms with E-state index in [1.54, 1.807) is 30.3 Å². The maximum atomic E-state index is 13.0. The molecule has 9 heteroatoms. The molecule has 0 saturated carbocycles. The number of nitrogens with two attached hydrogens (primary N) is 1. The van der Waals surface area contributed by atoms with Gasteiger partial charge in [0.2, 0.25) is 6.10 Å². The number of aromatic nitrogens is 1. The summed E-state index contributed by atoms with van der Waals surface area (Å²) < 4.78 is 16.0. The number of hydrogen-bond acceptors (Lipinski definition) is 9. The Kier molecular flexibility index (Phi) is 5.63. The predicted octanol–water partition coefficient (Wildman–Crippen LogP) is 3.26. The van der Waals surface area contributed by atoms with Crippen LogP contribution < -0.4 is 5.73 Å². The Hall–Kier alpha value is -4.14. The van der Waals surface area contributed by atoms with Crippen LogP contribution in [0.3, 0.4) is 0 Å². The Balaban J connectivity index is 1.75. The number of para-hydroxylation sites is 1. The number of anilines is 1. The molecule has 1 aliphatic heterocycles. The van der Waals surface area contributed by atoms with Gasteiger partial charge in [-0.2, -0.15) is 0 Å². The Bertz CT molecular complexity index is 1170. The summed E-state index contributed by atoms with van der Waals surface area (Å²) >= 11 is 0. The second-order valence-corrected chi connectivity index (χ2v) is 7.25. The summed E-state index contributed by atoms with van der Waals surface area (Å²) in [5.74, 6) is -0.982. The minimum Gasteiger partial charge on any atom is -0.466 e. The zero-order chi connectivity index (χ0) is 22.7. The molecule has 164 valence electrons. The van der Waals surface area contributed by atoms with Crippen molar-refractivity contribution in [2.45, 2.75) is 25.0 Å². The van der Waals surface area contributed by atoms with Crippen molar-refractivity contribution in [3.05, 3.63) is 71.9 Å². The van der Waals surface area contributed by atoms with Gasteiger partial charge in [0.15, 0.2) is 5.76 Å². The van der Waals surface area contributed by atoms with Gasteiger partial charge in [-0.15, -0.1) is 0 Å². The average molecular weight is 435 g/mol. The molecule has 9 nitrogen and oxygen atoms in total. The number of carbonyl (C=O) groups is 2. The molecule has 2 aromatic carbocycles. The van der Waals surface area contributed by atoms with Crippen molar-refractivity contribution in [2.75, 3.05) is 12.8 Å². The highest BCUT2D eigenvalue weighted by Gasteiger charge is 2.58. The summed E-state index contributed by atoms with van der Waals surface area (Å²) in [5.41, 5.74) is 6.69. The van der Waals surface area contributed by atoms with Crippen LogP contribution in [0, 0.1) is 0 Å². The third kappa shape index (κ3) is 3.80. The first-order chi connectivity index (χ1) is 15.4. The van der Waals surface area contributed by atoms with Gasteiger partial charge in [0.05, 0.1) is 19.2 Å². The fourth-order valence-corrected chi connectivity index (χ4v) is 3.60. The quantitative estimate of drug-likeness (QED) is 0.462. The zero-order valence-corrected chi connectivity index (χ0v) is 17.5. The molecule has 3 aromatic rings. The van der Waals surface area contributed by atoms with Gasteiger partial charge in [-0.25, -0.2) is 4.79 Å². The van der Waals surface area contributed by atoms with Gasteiger partial charge < -0.3 is 24.6 Å². The molecule has 32 heavy (non-hydrogen) atoms. The SMILES string of the molecule is COC(=O)[C@@]1([C@@H](OC(C)=O)c2cc(-c3ccccc3)on2)CC(c2ccccc2N)=NO1. The highest BCUT2D eigenvalue weighted by molar-refractivity contribution is 6.08. The smallest absolute Gasteiger partial charge is 0.357 e. The van der Waals surface area contributed by atoms with Crippen molar-refractivity contribution in [1.82, 2.24) is 5.16 Å². The number of ether oxygens (including phenoxy) is 2. The second kappa shape index (κ2) is 8.54. The topological polar surface area (TPSA) is 126 Å².